The average Bonchev–Trinajstić information content (AvgIpc) is 2.03. The fourth-order valence-electron chi connectivity index (χ4n) is 1.01. The van der Waals surface area contributed by atoms with E-state index in [2.05, 4.69) is 6.58 Å². The van der Waals surface area contributed by atoms with Gasteiger partial charge in [-0.15, -0.1) is 12.1 Å². The first-order valence-corrected chi connectivity index (χ1v) is 4.43. The van der Waals surface area contributed by atoms with E-state index in [4.69, 9.17) is 4.74 Å². The molecular formula is C8H16BF3KNO. The Morgan fingerprint density at radius 2 is 1.93 bits per heavy atom. The van der Waals surface area contributed by atoms with Crippen LogP contribution in [-0.2, 0) is 4.74 Å². The Morgan fingerprint density at radius 3 is 2.33 bits per heavy atom. The van der Waals surface area contributed by atoms with Gasteiger partial charge in [0.1, 0.15) is 0 Å². The molecule has 0 bridgehead atoms. The largest absolute Gasteiger partial charge is 1.00 e. The first-order valence-electron chi connectivity index (χ1n) is 4.43. The van der Waals surface area contributed by atoms with Gasteiger partial charge in [0, 0.05) is 20.3 Å². The fourth-order valence-corrected chi connectivity index (χ4v) is 1.01. The zero-order chi connectivity index (χ0) is 11.2. The van der Waals surface area contributed by atoms with Gasteiger partial charge in [-0.3, -0.25) is 0 Å². The van der Waals surface area contributed by atoms with Crippen LogP contribution in [0.25, 0.3) is 0 Å². The molecule has 0 aliphatic heterocycles. The minimum atomic E-state index is -4.89. The van der Waals surface area contributed by atoms with Crippen LogP contribution in [0.2, 0.25) is 0 Å². The van der Waals surface area contributed by atoms with Crippen LogP contribution in [0.15, 0.2) is 12.1 Å². The third-order valence-electron chi connectivity index (χ3n) is 1.82. The third kappa shape index (κ3) is 10.0. The van der Waals surface area contributed by atoms with E-state index in [1.807, 2.05) is 0 Å². The van der Waals surface area contributed by atoms with Crippen LogP contribution in [0.5, 0.6) is 0 Å². The summed E-state index contributed by atoms with van der Waals surface area (Å²) in [7, 11) is 3.21. The first-order chi connectivity index (χ1) is 6.38. The number of nitrogens with zero attached hydrogens (tertiary/aromatic N) is 1. The second kappa shape index (κ2) is 9.21. The van der Waals surface area contributed by atoms with Crippen molar-refractivity contribution in [1.82, 2.24) is 4.90 Å². The Kier molecular flexibility index (Phi) is 11.4. The van der Waals surface area contributed by atoms with Gasteiger partial charge in [0.15, 0.2) is 0 Å². The summed E-state index contributed by atoms with van der Waals surface area (Å²) in [6.07, 6.45) is 0.727. The monoisotopic (exact) mass is 249 g/mol. The Bertz CT molecular complexity index is 189. The van der Waals surface area contributed by atoms with Crippen LogP contribution >= 0.6 is 0 Å². The number of hydrogen-bond donors (Lipinski definition) is 0. The first kappa shape index (κ1) is 18.5. The molecule has 0 radical (unpaired) electrons. The van der Waals surface area contributed by atoms with Gasteiger partial charge in [-0.1, -0.05) is 0 Å². The van der Waals surface area contributed by atoms with E-state index in [9.17, 15) is 12.9 Å². The van der Waals surface area contributed by atoms with Crippen molar-refractivity contribution in [2.75, 3.05) is 33.9 Å². The zero-order valence-corrected chi connectivity index (χ0v) is 12.7. The van der Waals surface area contributed by atoms with Crippen molar-refractivity contribution in [3.63, 3.8) is 0 Å². The second-order valence-corrected chi connectivity index (χ2v) is 3.32. The molecule has 0 saturated carbocycles. The van der Waals surface area contributed by atoms with E-state index in [0.717, 1.165) is 6.42 Å². The molecule has 2 nitrogen and oxygen atoms in total. The summed E-state index contributed by atoms with van der Waals surface area (Å²) in [5, 5.41) is 0. The summed E-state index contributed by atoms with van der Waals surface area (Å²) in [6, 6.07) is 0. The summed E-state index contributed by atoms with van der Waals surface area (Å²) in [5.41, 5.74) is -0.648. The maximum absolute atomic E-state index is 12.1. The van der Waals surface area contributed by atoms with Crippen LogP contribution in [0.1, 0.15) is 6.42 Å². The molecule has 0 unspecified atom stereocenters. The predicted octanol–water partition coefficient (Wildman–Crippen LogP) is -1.10. The Morgan fingerprint density at radius 1 is 1.40 bits per heavy atom. The maximum Gasteiger partial charge on any atom is 1.00 e. The van der Waals surface area contributed by atoms with Gasteiger partial charge in [0.2, 0.25) is 0 Å². The van der Waals surface area contributed by atoms with Crippen molar-refractivity contribution < 1.29 is 69.1 Å². The van der Waals surface area contributed by atoms with Crippen molar-refractivity contribution >= 4 is 6.98 Å². The molecule has 0 atom stereocenters. The van der Waals surface area contributed by atoms with E-state index in [0.29, 0.717) is 13.2 Å². The van der Waals surface area contributed by atoms with Gasteiger partial charge in [-0.2, -0.15) is 0 Å². The minimum Gasteiger partial charge on any atom is -0.445 e. The second-order valence-electron chi connectivity index (χ2n) is 3.32. The Balaban J connectivity index is 0. The normalized spacial score (nSPS) is 11.3. The molecule has 15 heavy (non-hydrogen) atoms. The van der Waals surface area contributed by atoms with E-state index in [1.54, 1.807) is 19.1 Å². The SMILES string of the molecule is C=C(CN(C)CCCOC)[B-](F)(F)F.[K+]. The van der Waals surface area contributed by atoms with E-state index in [-0.39, 0.29) is 57.9 Å². The van der Waals surface area contributed by atoms with Crippen LogP contribution in [0.3, 0.4) is 0 Å². The molecule has 0 heterocycles. The zero-order valence-electron chi connectivity index (χ0n) is 9.60. The summed E-state index contributed by atoms with van der Waals surface area (Å²) in [5.74, 6) is 0. The summed E-state index contributed by atoms with van der Waals surface area (Å²) in [6.45, 7) is -0.840. The van der Waals surface area contributed by atoms with Crippen LogP contribution in [0.4, 0.5) is 12.9 Å². The van der Waals surface area contributed by atoms with E-state index in [1.165, 1.54) is 0 Å². The number of methoxy groups -OCH3 is 1. The van der Waals surface area contributed by atoms with Crippen LogP contribution in [-0.4, -0.2) is 45.7 Å². The number of likely N-dealkylation sites (N-methyl/N-ethyl adjacent to an activating group) is 1. The van der Waals surface area contributed by atoms with Gasteiger partial charge in [0.05, 0.1) is 0 Å². The standard InChI is InChI=1S/C8H16BF3NO.K/c1-8(9(10,11)12)7-13(2)5-4-6-14-3;/h1,4-7H2,2-3H3;/q-1;+1. The van der Waals surface area contributed by atoms with Gasteiger partial charge >= 0.3 is 58.4 Å². The molecule has 0 saturated heterocycles. The molecule has 0 aromatic heterocycles. The van der Waals surface area contributed by atoms with Crippen molar-refractivity contribution in [2.45, 2.75) is 6.42 Å². The van der Waals surface area contributed by atoms with Gasteiger partial charge in [0.25, 0.3) is 0 Å². The quantitative estimate of drug-likeness (QED) is 0.419. The number of rotatable bonds is 7. The summed E-state index contributed by atoms with van der Waals surface area (Å²) in [4.78, 5) is 1.59. The molecule has 0 amide bonds. The maximum atomic E-state index is 12.1. The number of hydrogen-bond acceptors (Lipinski definition) is 2. The molecule has 0 rings (SSSR count). The number of halogens is 3. The Hall–Kier alpha value is 1.15. The molecule has 0 aliphatic rings. The third-order valence-corrected chi connectivity index (χ3v) is 1.82. The van der Waals surface area contributed by atoms with Crippen molar-refractivity contribution in [3.05, 3.63) is 12.1 Å². The molecule has 0 spiro atoms. The summed E-state index contributed by atoms with van der Waals surface area (Å²) < 4.78 is 41.1. The van der Waals surface area contributed by atoms with Gasteiger partial charge < -0.3 is 22.6 Å². The minimum absolute atomic E-state index is 0. The van der Waals surface area contributed by atoms with Crippen LogP contribution < -0.4 is 51.4 Å². The molecule has 0 fully saturated rings. The van der Waals surface area contributed by atoms with Gasteiger partial charge in [-0.25, -0.2) is 0 Å². The van der Waals surface area contributed by atoms with Crippen molar-refractivity contribution in [1.29, 1.82) is 0 Å². The van der Waals surface area contributed by atoms with Gasteiger partial charge in [-0.05, 0) is 20.0 Å². The Labute approximate surface area is 132 Å². The topological polar surface area (TPSA) is 12.5 Å². The average molecular weight is 249 g/mol. The van der Waals surface area contributed by atoms with E-state index < -0.39 is 12.4 Å². The van der Waals surface area contributed by atoms with Crippen molar-refractivity contribution in [3.8, 4) is 0 Å². The predicted molar refractivity (Wildman–Crippen MR) is 52.2 cm³/mol. The van der Waals surface area contributed by atoms with Crippen molar-refractivity contribution in [2.24, 2.45) is 0 Å². The van der Waals surface area contributed by atoms with Crippen LogP contribution in [0, 0.1) is 0 Å². The molecule has 0 aromatic carbocycles. The number of ether oxygens (including phenoxy) is 1. The molecule has 0 aromatic rings. The molecule has 0 aliphatic carbocycles. The molecule has 7 heteroatoms. The molecule has 0 N–H and O–H groups in total. The fraction of sp³-hybridized carbons (Fsp3) is 0.750. The summed E-state index contributed by atoms with van der Waals surface area (Å²) >= 11 is 0. The van der Waals surface area contributed by atoms with E-state index >= 15 is 0 Å². The molecule has 84 valence electrons. The molecular weight excluding hydrogens is 233 g/mol. The smallest absolute Gasteiger partial charge is 0.445 e.